The Morgan fingerprint density at radius 2 is 1.62 bits per heavy atom. The standard InChI is InChI=1S/C20H18Cl2O2/c1-23-14-6-3-5-13(11-14)18-12-15(24-2)9-10-16(18)17-7-4-8-19(21)20(17)22/h3,5-6,8-12H,4,7H2,1-2H3. The van der Waals surface area contributed by atoms with Crippen LogP contribution >= 0.6 is 23.2 Å². The summed E-state index contributed by atoms with van der Waals surface area (Å²) < 4.78 is 10.8. The third kappa shape index (κ3) is 3.31. The molecule has 0 aliphatic heterocycles. The highest BCUT2D eigenvalue weighted by atomic mass is 35.5. The van der Waals surface area contributed by atoms with Crippen molar-refractivity contribution in [2.75, 3.05) is 14.2 Å². The number of allylic oxidation sites excluding steroid dienone is 4. The summed E-state index contributed by atoms with van der Waals surface area (Å²) in [5, 5.41) is 1.24. The van der Waals surface area contributed by atoms with E-state index in [0.717, 1.165) is 46.6 Å². The number of halogens is 2. The summed E-state index contributed by atoms with van der Waals surface area (Å²) in [6.45, 7) is 0. The number of benzene rings is 2. The van der Waals surface area contributed by atoms with Gasteiger partial charge in [-0.3, -0.25) is 0 Å². The maximum absolute atomic E-state index is 6.48. The van der Waals surface area contributed by atoms with E-state index in [1.54, 1.807) is 14.2 Å². The Labute approximate surface area is 152 Å². The molecule has 0 bridgehead atoms. The van der Waals surface area contributed by atoms with Gasteiger partial charge in [-0.15, -0.1) is 0 Å². The van der Waals surface area contributed by atoms with Crippen LogP contribution in [0, 0.1) is 0 Å². The molecule has 0 spiro atoms. The van der Waals surface area contributed by atoms with Gasteiger partial charge >= 0.3 is 0 Å². The Bertz CT molecular complexity index is 822. The molecule has 0 fully saturated rings. The van der Waals surface area contributed by atoms with Gasteiger partial charge in [0.2, 0.25) is 0 Å². The van der Waals surface area contributed by atoms with Gasteiger partial charge in [0, 0.05) is 0 Å². The number of rotatable bonds is 4. The molecule has 0 N–H and O–H groups in total. The van der Waals surface area contributed by atoms with Gasteiger partial charge in [-0.2, -0.15) is 0 Å². The average Bonchev–Trinajstić information content (AvgIpc) is 2.63. The first-order chi connectivity index (χ1) is 11.6. The van der Waals surface area contributed by atoms with Crippen LogP contribution in [0.5, 0.6) is 11.5 Å². The highest BCUT2D eigenvalue weighted by Crippen LogP contribution is 2.41. The Balaban J connectivity index is 2.20. The van der Waals surface area contributed by atoms with Gasteiger partial charge in [-0.25, -0.2) is 0 Å². The average molecular weight is 361 g/mol. The summed E-state index contributed by atoms with van der Waals surface area (Å²) in [7, 11) is 3.33. The van der Waals surface area contributed by atoms with E-state index in [2.05, 4.69) is 6.07 Å². The van der Waals surface area contributed by atoms with Crippen molar-refractivity contribution in [2.24, 2.45) is 0 Å². The van der Waals surface area contributed by atoms with E-state index in [-0.39, 0.29) is 0 Å². The summed E-state index contributed by atoms with van der Waals surface area (Å²) in [5.41, 5.74) is 4.23. The molecular formula is C20H18Cl2O2. The lowest BCUT2D eigenvalue weighted by Crippen LogP contribution is -1.98. The molecule has 0 atom stereocenters. The van der Waals surface area contributed by atoms with Crippen molar-refractivity contribution in [2.45, 2.75) is 12.8 Å². The number of ether oxygens (including phenoxy) is 2. The molecule has 0 unspecified atom stereocenters. The normalized spacial score (nSPS) is 14.4. The Morgan fingerprint density at radius 1 is 0.875 bits per heavy atom. The lowest BCUT2D eigenvalue weighted by Gasteiger charge is -2.19. The third-order valence-corrected chi connectivity index (χ3v) is 5.00. The van der Waals surface area contributed by atoms with Gasteiger partial charge in [0.15, 0.2) is 0 Å². The largest absolute Gasteiger partial charge is 0.497 e. The Morgan fingerprint density at radius 3 is 2.38 bits per heavy atom. The van der Waals surface area contributed by atoms with Gasteiger partial charge in [0.25, 0.3) is 0 Å². The quantitative estimate of drug-likeness (QED) is 0.642. The second-order valence-corrected chi connectivity index (χ2v) is 6.31. The Kier molecular flexibility index (Phi) is 5.17. The molecule has 4 heteroatoms. The molecule has 1 aliphatic carbocycles. The third-order valence-electron chi connectivity index (χ3n) is 4.13. The van der Waals surface area contributed by atoms with Crippen LogP contribution in [0.2, 0.25) is 0 Å². The van der Waals surface area contributed by atoms with Crippen LogP contribution < -0.4 is 9.47 Å². The predicted molar refractivity (Wildman–Crippen MR) is 101 cm³/mol. The van der Waals surface area contributed by atoms with Crippen LogP contribution in [0.15, 0.2) is 58.6 Å². The fraction of sp³-hybridized carbons (Fsp3) is 0.200. The van der Waals surface area contributed by atoms with Crippen LogP contribution in [0.1, 0.15) is 18.4 Å². The summed E-state index contributed by atoms with van der Waals surface area (Å²) in [6, 6.07) is 14.0. The molecule has 0 aromatic heterocycles. The van der Waals surface area contributed by atoms with E-state index in [9.17, 15) is 0 Å². The van der Waals surface area contributed by atoms with Crippen molar-refractivity contribution in [3.05, 3.63) is 64.2 Å². The summed E-state index contributed by atoms with van der Waals surface area (Å²) in [6.07, 6.45) is 3.70. The summed E-state index contributed by atoms with van der Waals surface area (Å²) >= 11 is 12.7. The van der Waals surface area contributed by atoms with Crippen molar-refractivity contribution in [1.82, 2.24) is 0 Å². The SMILES string of the molecule is COc1cccc(-c2cc(OC)ccc2C2=C(Cl)C(Cl)=CCC2)c1. The van der Waals surface area contributed by atoms with Crippen LogP contribution in [0.25, 0.3) is 16.7 Å². The molecule has 124 valence electrons. The van der Waals surface area contributed by atoms with E-state index < -0.39 is 0 Å². The second kappa shape index (κ2) is 7.33. The maximum atomic E-state index is 6.48. The summed E-state index contributed by atoms with van der Waals surface area (Å²) in [5.74, 6) is 1.61. The van der Waals surface area contributed by atoms with Crippen LogP contribution in [-0.4, -0.2) is 14.2 Å². The number of hydrogen-bond acceptors (Lipinski definition) is 2. The molecule has 24 heavy (non-hydrogen) atoms. The molecule has 2 aromatic rings. The highest BCUT2D eigenvalue weighted by Gasteiger charge is 2.18. The van der Waals surface area contributed by atoms with Gasteiger partial charge in [-0.05, 0) is 59.4 Å². The van der Waals surface area contributed by atoms with E-state index in [4.69, 9.17) is 32.7 Å². The van der Waals surface area contributed by atoms with Gasteiger partial charge in [0.05, 0.1) is 24.3 Å². The lowest BCUT2D eigenvalue weighted by molar-refractivity contribution is 0.414. The zero-order chi connectivity index (χ0) is 17.1. The molecule has 0 radical (unpaired) electrons. The first-order valence-electron chi connectivity index (χ1n) is 7.71. The minimum atomic E-state index is 0.616. The minimum absolute atomic E-state index is 0.616. The first-order valence-corrected chi connectivity index (χ1v) is 8.47. The highest BCUT2D eigenvalue weighted by molar-refractivity contribution is 6.46. The van der Waals surface area contributed by atoms with E-state index in [1.165, 1.54) is 0 Å². The number of hydrogen-bond donors (Lipinski definition) is 0. The van der Waals surface area contributed by atoms with Gasteiger partial charge < -0.3 is 9.47 Å². The van der Waals surface area contributed by atoms with Crippen molar-refractivity contribution in [3.8, 4) is 22.6 Å². The Hall–Kier alpha value is -1.90. The zero-order valence-electron chi connectivity index (χ0n) is 13.6. The van der Waals surface area contributed by atoms with Crippen LogP contribution in [-0.2, 0) is 0 Å². The maximum Gasteiger partial charge on any atom is 0.119 e. The van der Waals surface area contributed by atoms with Gasteiger partial charge in [-0.1, -0.05) is 47.5 Å². The van der Waals surface area contributed by atoms with Gasteiger partial charge in [0.1, 0.15) is 11.5 Å². The molecule has 0 amide bonds. The molecule has 1 aliphatic rings. The molecule has 3 rings (SSSR count). The van der Waals surface area contributed by atoms with E-state index in [1.807, 2.05) is 42.5 Å². The smallest absolute Gasteiger partial charge is 0.119 e. The molecular weight excluding hydrogens is 343 g/mol. The van der Waals surface area contributed by atoms with Crippen molar-refractivity contribution in [1.29, 1.82) is 0 Å². The minimum Gasteiger partial charge on any atom is -0.497 e. The van der Waals surface area contributed by atoms with Crippen LogP contribution in [0.4, 0.5) is 0 Å². The molecule has 2 aromatic carbocycles. The summed E-state index contributed by atoms with van der Waals surface area (Å²) in [4.78, 5) is 0. The van der Waals surface area contributed by atoms with E-state index in [0.29, 0.717) is 10.1 Å². The fourth-order valence-electron chi connectivity index (χ4n) is 2.88. The predicted octanol–water partition coefficient (Wildman–Crippen LogP) is 6.24. The van der Waals surface area contributed by atoms with Crippen molar-refractivity contribution >= 4 is 28.8 Å². The molecule has 2 nitrogen and oxygen atoms in total. The second-order valence-electron chi connectivity index (χ2n) is 5.53. The van der Waals surface area contributed by atoms with Crippen molar-refractivity contribution in [3.63, 3.8) is 0 Å². The first kappa shape index (κ1) is 16.9. The monoisotopic (exact) mass is 360 g/mol. The zero-order valence-corrected chi connectivity index (χ0v) is 15.1. The topological polar surface area (TPSA) is 18.5 Å². The van der Waals surface area contributed by atoms with Crippen molar-refractivity contribution < 1.29 is 9.47 Å². The number of methoxy groups -OCH3 is 2. The fourth-order valence-corrected chi connectivity index (χ4v) is 3.38. The lowest BCUT2D eigenvalue weighted by atomic mass is 9.90. The molecule has 0 saturated heterocycles. The molecule has 0 heterocycles. The van der Waals surface area contributed by atoms with E-state index >= 15 is 0 Å². The molecule has 0 saturated carbocycles. The van der Waals surface area contributed by atoms with Crippen LogP contribution in [0.3, 0.4) is 0 Å².